The van der Waals surface area contributed by atoms with Gasteiger partial charge in [0.15, 0.2) is 0 Å². The highest BCUT2D eigenvalue weighted by atomic mass is 32.2. The molecule has 1 spiro atoms. The van der Waals surface area contributed by atoms with Gasteiger partial charge in [0.1, 0.15) is 0 Å². The molecule has 2 heterocycles. The molecule has 1 aliphatic carbocycles. The molecule has 7 heteroatoms. The van der Waals surface area contributed by atoms with Crippen molar-refractivity contribution in [1.82, 2.24) is 9.21 Å². The number of benzene rings is 1. The molecule has 1 aromatic rings. The number of piperidine rings is 1. The Balaban J connectivity index is 1.32. The van der Waals surface area contributed by atoms with Crippen LogP contribution < -0.4 is 0 Å². The zero-order valence-corrected chi connectivity index (χ0v) is 18.1. The van der Waals surface area contributed by atoms with Gasteiger partial charge in [0.2, 0.25) is 15.9 Å². The van der Waals surface area contributed by atoms with Crippen LogP contribution in [0, 0.1) is 0 Å². The minimum Gasteiger partial charge on any atom is -0.375 e. The maximum absolute atomic E-state index is 12.6. The largest absolute Gasteiger partial charge is 0.375 e. The molecule has 2 saturated heterocycles. The van der Waals surface area contributed by atoms with Crippen molar-refractivity contribution in [3.63, 3.8) is 0 Å². The first-order valence-electron chi connectivity index (χ1n) is 10.8. The molecule has 1 amide bonds. The van der Waals surface area contributed by atoms with E-state index in [2.05, 4.69) is 12.1 Å². The Morgan fingerprint density at radius 3 is 2.45 bits per heavy atom. The van der Waals surface area contributed by atoms with Gasteiger partial charge < -0.3 is 9.64 Å². The summed E-state index contributed by atoms with van der Waals surface area (Å²) >= 11 is 0. The van der Waals surface area contributed by atoms with E-state index in [-0.39, 0.29) is 23.6 Å². The third-order valence-corrected chi connectivity index (χ3v) is 7.98. The van der Waals surface area contributed by atoms with Gasteiger partial charge in [-0.25, -0.2) is 8.42 Å². The summed E-state index contributed by atoms with van der Waals surface area (Å²) in [6, 6.07) is 10.3. The van der Waals surface area contributed by atoms with Crippen molar-refractivity contribution >= 4 is 15.9 Å². The lowest BCUT2D eigenvalue weighted by Crippen LogP contribution is -2.55. The molecule has 2 aliphatic heterocycles. The van der Waals surface area contributed by atoms with E-state index >= 15 is 0 Å². The highest BCUT2D eigenvalue weighted by Gasteiger charge is 2.47. The topological polar surface area (TPSA) is 66.9 Å². The fourth-order valence-corrected chi connectivity index (χ4v) is 6.43. The number of sulfonamides is 1. The van der Waals surface area contributed by atoms with E-state index in [9.17, 15) is 13.2 Å². The number of hydrogen-bond acceptors (Lipinski definition) is 4. The van der Waals surface area contributed by atoms with Crippen molar-refractivity contribution in [3.8, 4) is 0 Å². The fourth-order valence-electron chi connectivity index (χ4n) is 4.95. The zero-order chi connectivity index (χ0) is 20.5. The SMILES string of the molecule is CS(=O)(=O)N(C1CC1)C1CCOC2(CCN(C(=O)CCc3ccccc3)CC2)C1. The Morgan fingerprint density at radius 1 is 1.14 bits per heavy atom. The lowest BCUT2D eigenvalue weighted by Gasteiger charge is -2.48. The highest BCUT2D eigenvalue weighted by Crippen LogP contribution is 2.41. The van der Waals surface area contributed by atoms with Crippen LogP contribution in [-0.2, 0) is 26.0 Å². The van der Waals surface area contributed by atoms with Crippen LogP contribution in [0.3, 0.4) is 0 Å². The second kappa shape index (κ2) is 8.36. The third kappa shape index (κ3) is 5.01. The van der Waals surface area contributed by atoms with E-state index in [0.717, 1.165) is 44.9 Å². The summed E-state index contributed by atoms with van der Waals surface area (Å²) in [6.45, 7) is 2.00. The van der Waals surface area contributed by atoms with Crippen LogP contribution in [0.15, 0.2) is 30.3 Å². The Kier molecular flexibility index (Phi) is 6.00. The average molecular weight is 421 g/mol. The molecule has 0 bridgehead atoms. The molecule has 160 valence electrons. The van der Waals surface area contributed by atoms with Gasteiger partial charge in [-0.15, -0.1) is 0 Å². The standard InChI is InChI=1S/C22H32N2O4S/c1-29(26,27)24(19-8-9-19)20-11-16-28-22(17-20)12-14-23(15-13-22)21(25)10-7-18-5-3-2-4-6-18/h2-6,19-20H,7-17H2,1H3. The average Bonchev–Trinajstić information content (AvgIpc) is 3.51. The first kappa shape index (κ1) is 20.8. The summed E-state index contributed by atoms with van der Waals surface area (Å²) in [5, 5.41) is 0. The second-order valence-electron chi connectivity index (χ2n) is 8.87. The van der Waals surface area contributed by atoms with Gasteiger partial charge >= 0.3 is 0 Å². The van der Waals surface area contributed by atoms with Crippen molar-refractivity contribution in [1.29, 1.82) is 0 Å². The Morgan fingerprint density at radius 2 is 1.83 bits per heavy atom. The fraction of sp³-hybridized carbons (Fsp3) is 0.682. The molecular weight excluding hydrogens is 388 g/mol. The molecule has 0 N–H and O–H groups in total. The van der Waals surface area contributed by atoms with Gasteiger partial charge in [0, 0.05) is 38.2 Å². The predicted octanol–water partition coefficient (Wildman–Crippen LogP) is 2.58. The molecule has 4 rings (SSSR count). The maximum atomic E-state index is 12.6. The number of nitrogens with zero attached hydrogens (tertiary/aromatic N) is 2. The third-order valence-electron chi connectivity index (χ3n) is 6.61. The van der Waals surface area contributed by atoms with E-state index in [1.165, 1.54) is 11.8 Å². The molecule has 0 aromatic heterocycles. The van der Waals surface area contributed by atoms with Gasteiger partial charge in [-0.3, -0.25) is 4.79 Å². The van der Waals surface area contributed by atoms with Crippen molar-refractivity contribution in [2.24, 2.45) is 0 Å². The molecule has 3 aliphatic rings. The number of carbonyl (C=O) groups excluding carboxylic acids is 1. The van der Waals surface area contributed by atoms with E-state index in [0.29, 0.717) is 26.1 Å². The van der Waals surface area contributed by atoms with Crippen molar-refractivity contribution < 1.29 is 17.9 Å². The predicted molar refractivity (Wildman–Crippen MR) is 112 cm³/mol. The van der Waals surface area contributed by atoms with Gasteiger partial charge in [-0.05, 0) is 50.5 Å². The van der Waals surface area contributed by atoms with Crippen molar-refractivity contribution in [2.45, 2.75) is 69.1 Å². The first-order valence-corrected chi connectivity index (χ1v) is 12.7. The molecule has 6 nitrogen and oxygen atoms in total. The van der Waals surface area contributed by atoms with Gasteiger partial charge in [-0.1, -0.05) is 30.3 Å². The number of amides is 1. The summed E-state index contributed by atoms with van der Waals surface area (Å²) in [7, 11) is -3.20. The van der Waals surface area contributed by atoms with Crippen LogP contribution in [0.25, 0.3) is 0 Å². The van der Waals surface area contributed by atoms with Crippen LogP contribution in [0.1, 0.15) is 50.5 Å². The quantitative estimate of drug-likeness (QED) is 0.709. The molecule has 0 radical (unpaired) electrons. The molecule has 29 heavy (non-hydrogen) atoms. The summed E-state index contributed by atoms with van der Waals surface area (Å²) in [5.74, 6) is 0.201. The van der Waals surface area contributed by atoms with Crippen molar-refractivity contribution in [3.05, 3.63) is 35.9 Å². The van der Waals surface area contributed by atoms with Crippen LogP contribution in [-0.4, -0.2) is 67.2 Å². The zero-order valence-electron chi connectivity index (χ0n) is 17.3. The van der Waals surface area contributed by atoms with Crippen LogP contribution in [0.5, 0.6) is 0 Å². The Bertz CT molecular complexity index is 814. The highest BCUT2D eigenvalue weighted by molar-refractivity contribution is 7.88. The second-order valence-corrected chi connectivity index (χ2v) is 10.8. The van der Waals surface area contributed by atoms with Crippen molar-refractivity contribution in [2.75, 3.05) is 26.0 Å². The van der Waals surface area contributed by atoms with E-state index in [1.807, 2.05) is 23.1 Å². The molecule has 1 saturated carbocycles. The number of aryl methyl sites for hydroxylation is 1. The number of hydrogen-bond donors (Lipinski definition) is 0. The Hall–Kier alpha value is -1.44. The molecule has 1 aromatic carbocycles. The molecule has 1 unspecified atom stereocenters. The molecule has 3 fully saturated rings. The number of carbonyl (C=O) groups is 1. The van der Waals surface area contributed by atoms with Crippen LogP contribution in [0.4, 0.5) is 0 Å². The van der Waals surface area contributed by atoms with E-state index in [4.69, 9.17) is 4.74 Å². The number of likely N-dealkylation sites (tertiary alicyclic amines) is 1. The monoisotopic (exact) mass is 420 g/mol. The summed E-state index contributed by atoms with van der Waals surface area (Å²) in [4.78, 5) is 14.6. The summed E-state index contributed by atoms with van der Waals surface area (Å²) in [6.07, 6.45) is 7.69. The smallest absolute Gasteiger partial charge is 0.222 e. The number of rotatable bonds is 6. The minimum absolute atomic E-state index is 0.0339. The normalized spacial score (nSPS) is 24.8. The Labute approximate surface area is 174 Å². The minimum atomic E-state index is -3.20. The lowest BCUT2D eigenvalue weighted by atomic mass is 9.82. The summed E-state index contributed by atoms with van der Waals surface area (Å²) in [5.41, 5.74) is 0.908. The van der Waals surface area contributed by atoms with Crippen LogP contribution >= 0.6 is 0 Å². The lowest BCUT2D eigenvalue weighted by molar-refractivity contribution is -0.146. The van der Waals surface area contributed by atoms with Gasteiger partial charge in [0.05, 0.1) is 11.9 Å². The first-order chi connectivity index (χ1) is 13.9. The van der Waals surface area contributed by atoms with Crippen LogP contribution in [0.2, 0.25) is 0 Å². The van der Waals surface area contributed by atoms with E-state index in [1.54, 1.807) is 4.31 Å². The number of ether oxygens (including phenoxy) is 1. The summed E-state index contributed by atoms with van der Waals surface area (Å²) < 4.78 is 32.6. The molecule has 1 atom stereocenters. The molecular formula is C22H32N2O4S. The maximum Gasteiger partial charge on any atom is 0.222 e. The van der Waals surface area contributed by atoms with E-state index < -0.39 is 10.0 Å². The van der Waals surface area contributed by atoms with Gasteiger partial charge in [-0.2, -0.15) is 4.31 Å². The van der Waals surface area contributed by atoms with Gasteiger partial charge in [0.25, 0.3) is 0 Å².